The average molecular weight is 298 g/mol. The second kappa shape index (κ2) is 8.34. The predicted molar refractivity (Wildman–Crippen MR) is 77.8 cm³/mol. The minimum atomic E-state index is -0.203. The molecule has 0 spiro atoms. The van der Waals surface area contributed by atoms with Gasteiger partial charge in [0.15, 0.2) is 0 Å². The van der Waals surface area contributed by atoms with Crippen LogP contribution < -0.4 is 5.32 Å². The van der Waals surface area contributed by atoms with E-state index in [4.69, 9.17) is 9.47 Å². The molecule has 1 N–H and O–H groups in total. The van der Waals surface area contributed by atoms with Crippen LogP contribution in [0.1, 0.15) is 38.5 Å². The highest BCUT2D eigenvalue weighted by Gasteiger charge is 2.27. The van der Waals surface area contributed by atoms with Gasteiger partial charge in [0.2, 0.25) is 5.91 Å². The van der Waals surface area contributed by atoms with Crippen molar-refractivity contribution in [3.8, 4) is 0 Å². The van der Waals surface area contributed by atoms with Gasteiger partial charge in [0.25, 0.3) is 0 Å². The average Bonchev–Trinajstić information content (AvgIpc) is 2.90. The molecule has 120 valence electrons. The molecule has 2 heterocycles. The number of ether oxygens (including phenoxy) is 2. The monoisotopic (exact) mass is 298 g/mol. The summed E-state index contributed by atoms with van der Waals surface area (Å²) in [6.45, 7) is 3.00. The number of hydrogen-bond acceptors (Lipinski definition) is 5. The van der Waals surface area contributed by atoms with Gasteiger partial charge in [-0.15, -0.1) is 0 Å². The molecular weight excluding hydrogens is 272 g/mol. The third-order valence-corrected chi connectivity index (χ3v) is 4.27. The Balaban J connectivity index is 1.94. The Hall–Kier alpha value is -1.14. The second-order valence-corrected chi connectivity index (χ2v) is 5.81. The van der Waals surface area contributed by atoms with Crippen LogP contribution in [0.4, 0.5) is 0 Å². The van der Waals surface area contributed by atoms with E-state index in [1.54, 1.807) is 0 Å². The maximum absolute atomic E-state index is 11.8. The summed E-state index contributed by atoms with van der Waals surface area (Å²) in [5, 5.41) is 2.91. The molecule has 2 atom stereocenters. The van der Waals surface area contributed by atoms with Crippen molar-refractivity contribution in [2.75, 3.05) is 33.4 Å². The Morgan fingerprint density at radius 3 is 3.00 bits per heavy atom. The van der Waals surface area contributed by atoms with E-state index in [9.17, 15) is 9.59 Å². The van der Waals surface area contributed by atoms with E-state index >= 15 is 0 Å². The SMILES string of the molecule is COC(=O)CCN(CC1CCCO1)C1CCCNC(=O)C1. The molecule has 1 amide bonds. The molecule has 0 radical (unpaired) electrons. The van der Waals surface area contributed by atoms with Crippen molar-refractivity contribution in [1.29, 1.82) is 0 Å². The van der Waals surface area contributed by atoms with E-state index in [1.807, 2.05) is 0 Å². The molecule has 2 fully saturated rings. The summed E-state index contributed by atoms with van der Waals surface area (Å²) < 4.78 is 10.4. The smallest absolute Gasteiger partial charge is 0.306 e. The first-order valence-electron chi connectivity index (χ1n) is 7.88. The fraction of sp³-hybridized carbons (Fsp3) is 0.867. The van der Waals surface area contributed by atoms with E-state index < -0.39 is 0 Å². The summed E-state index contributed by atoms with van der Waals surface area (Å²) in [5.41, 5.74) is 0. The minimum absolute atomic E-state index is 0.105. The first-order valence-corrected chi connectivity index (χ1v) is 7.88. The molecule has 0 aromatic heterocycles. The normalized spacial score (nSPS) is 26.5. The van der Waals surface area contributed by atoms with Crippen LogP contribution in [0.5, 0.6) is 0 Å². The molecule has 21 heavy (non-hydrogen) atoms. The first kappa shape index (κ1) is 16.2. The molecule has 2 unspecified atom stereocenters. The molecule has 6 nitrogen and oxygen atoms in total. The lowest BCUT2D eigenvalue weighted by Crippen LogP contribution is -2.43. The second-order valence-electron chi connectivity index (χ2n) is 5.81. The Morgan fingerprint density at radius 1 is 1.43 bits per heavy atom. The number of methoxy groups -OCH3 is 1. The van der Waals surface area contributed by atoms with E-state index in [0.717, 1.165) is 45.4 Å². The summed E-state index contributed by atoms with van der Waals surface area (Å²) in [6.07, 6.45) is 5.22. The molecule has 2 aliphatic heterocycles. The van der Waals surface area contributed by atoms with Gasteiger partial charge in [-0.25, -0.2) is 0 Å². The molecular formula is C15H26N2O4. The summed E-state index contributed by atoms with van der Waals surface area (Å²) in [7, 11) is 1.41. The fourth-order valence-electron chi connectivity index (χ4n) is 3.08. The number of amides is 1. The van der Waals surface area contributed by atoms with Crippen LogP contribution >= 0.6 is 0 Å². The van der Waals surface area contributed by atoms with Gasteiger partial charge in [0, 0.05) is 38.7 Å². The van der Waals surface area contributed by atoms with Gasteiger partial charge in [-0.2, -0.15) is 0 Å². The van der Waals surface area contributed by atoms with Gasteiger partial charge >= 0.3 is 5.97 Å². The van der Waals surface area contributed by atoms with Gasteiger partial charge in [-0.1, -0.05) is 0 Å². The fourth-order valence-corrected chi connectivity index (χ4v) is 3.08. The first-order chi connectivity index (χ1) is 10.2. The summed E-state index contributed by atoms with van der Waals surface area (Å²) in [6, 6.07) is 0.196. The van der Waals surface area contributed by atoms with Crippen LogP contribution in [-0.2, 0) is 19.1 Å². The maximum atomic E-state index is 11.8. The van der Waals surface area contributed by atoms with Crippen molar-refractivity contribution < 1.29 is 19.1 Å². The third kappa shape index (κ3) is 5.28. The van der Waals surface area contributed by atoms with Gasteiger partial charge < -0.3 is 14.8 Å². The molecule has 2 aliphatic rings. The zero-order valence-corrected chi connectivity index (χ0v) is 12.8. The van der Waals surface area contributed by atoms with Crippen molar-refractivity contribution in [2.24, 2.45) is 0 Å². The van der Waals surface area contributed by atoms with Crippen LogP contribution in [0, 0.1) is 0 Å². The molecule has 6 heteroatoms. The van der Waals surface area contributed by atoms with Gasteiger partial charge in [0.05, 0.1) is 19.6 Å². The minimum Gasteiger partial charge on any atom is -0.469 e. The topological polar surface area (TPSA) is 67.9 Å². The van der Waals surface area contributed by atoms with E-state index in [-0.39, 0.29) is 24.0 Å². The maximum Gasteiger partial charge on any atom is 0.306 e. The Morgan fingerprint density at radius 2 is 2.29 bits per heavy atom. The highest BCUT2D eigenvalue weighted by atomic mass is 16.5. The van der Waals surface area contributed by atoms with Crippen LogP contribution in [0.3, 0.4) is 0 Å². The lowest BCUT2D eigenvalue weighted by Gasteiger charge is -2.32. The Kier molecular flexibility index (Phi) is 6.45. The van der Waals surface area contributed by atoms with Crippen molar-refractivity contribution in [2.45, 2.75) is 50.7 Å². The molecule has 2 rings (SSSR count). The summed E-state index contributed by atoms with van der Waals surface area (Å²) in [5.74, 6) is -0.0988. The number of carbonyl (C=O) groups excluding carboxylic acids is 2. The van der Waals surface area contributed by atoms with Gasteiger partial charge in [-0.3, -0.25) is 14.5 Å². The summed E-state index contributed by atoms with van der Waals surface area (Å²) in [4.78, 5) is 25.4. The zero-order chi connectivity index (χ0) is 15.1. The number of nitrogens with one attached hydrogen (secondary N) is 1. The van der Waals surface area contributed by atoms with Crippen LogP contribution in [0.15, 0.2) is 0 Å². The number of rotatable bonds is 6. The highest BCUT2D eigenvalue weighted by molar-refractivity contribution is 5.76. The standard InChI is InChI=1S/C15H26N2O4/c1-20-15(19)6-8-17(11-13-5-3-9-21-13)12-4-2-7-16-14(18)10-12/h12-13H,2-11H2,1H3,(H,16,18). The molecule has 0 aromatic carbocycles. The van der Waals surface area contributed by atoms with E-state index in [2.05, 4.69) is 10.2 Å². The Labute approximate surface area is 126 Å². The number of esters is 1. The van der Waals surface area contributed by atoms with Crippen LogP contribution in [0.25, 0.3) is 0 Å². The molecule has 0 aliphatic carbocycles. The third-order valence-electron chi connectivity index (χ3n) is 4.27. The van der Waals surface area contributed by atoms with E-state index in [1.165, 1.54) is 7.11 Å². The van der Waals surface area contributed by atoms with Gasteiger partial charge in [-0.05, 0) is 25.7 Å². The van der Waals surface area contributed by atoms with E-state index in [0.29, 0.717) is 19.4 Å². The van der Waals surface area contributed by atoms with Crippen molar-refractivity contribution in [3.63, 3.8) is 0 Å². The van der Waals surface area contributed by atoms with Crippen molar-refractivity contribution in [3.05, 3.63) is 0 Å². The Bertz CT molecular complexity index is 356. The summed E-state index contributed by atoms with van der Waals surface area (Å²) >= 11 is 0. The number of nitrogens with zero attached hydrogens (tertiary/aromatic N) is 1. The largest absolute Gasteiger partial charge is 0.469 e. The van der Waals surface area contributed by atoms with Gasteiger partial charge in [0.1, 0.15) is 0 Å². The van der Waals surface area contributed by atoms with Crippen LogP contribution in [-0.4, -0.2) is 62.3 Å². The quantitative estimate of drug-likeness (QED) is 0.731. The molecule has 0 bridgehead atoms. The van der Waals surface area contributed by atoms with Crippen LogP contribution in [0.2, 0.25) is 0 Å². The highest BCUT2D eigenvalue weighted by Crippen LogP contribution is 2.19. The van der Waals surface area contributed by atoms with Crippen molar-refractivity contribution >= 4 is 11.9 Å². The molecule has 2 saturated heterocycles. The zero-order valence-electron chi connectivity index (χ0n) is 12.8. The number of hydrogen-bond donors (Lipinski definition) is 1. The number of carbonyl (C=O) groups is 2. The molecule has 0 saturated carbocycles. The lowest BCUT2D eigenvalue weighted by atomic mass is 10.1. The predicted octanol–water partition coefficient (Wildman–Crippen LogP) is 0.699. The molecule has 0 aromatic rings. The van der Waals surface area contributed by atoms with Crippen molar-refractivity contribution in [1.82, 2.24) is 10.2 Å². The lowest BCUT2D eigenvalue weighted by molar-refractivity contribution is -0.141.